The van der Waals surface area contributed by atoms with Crippen LogP contribution in [0.1, 0.15) is 16.7 Å². The van der Waals surface area contributed by atoms with Crippen LogP contribution in [0.2, 0.25) is 0 Å². The average molecular weight is 312 g/mol. The van der Waals surface area contributed by atoms with Crippen molar-refractivity contribution in [2.45, 2.75) is 12.8 Å². The van der Waals surface area contributed by atoms with Crippen molar-refractivity contribution in [3.8, 4) is 11.5 Å². The Hall–Kier alpha value is -2.33. The van der Waals surface area contributed by atoms with E-state index in [0.717, 1.165) is 30.9 Å². The van der Waals surface area contributed by atoms with E-state index >= 15 is 0 Å². The minimum Gasteiger partial charge on any atom is -0.497 e. The Morgan fingerprint density at radius 3 is 2.57 bits per heavy atom. The van der Waals surface area contributed by atoms with Crippen LogP contribution in [0.4, 0.5) is 0 Å². The van der Waals surface area contributed by atoms with Gasteiger partial charge < -0.3 is 15.2 Å². The summed E-state index contributed by atoms with van der Waals surface area (Å²) in [6.07, 6.45) is 3.87. The first kappa shape index (κ1) is 17.0. The molecule has 1 aliphatic heterocycles. The molecule has 0 unspecified atom stereocenters. The van der Waals surface area contributed by atoms with Crippen LogP contribution in [-0.2, 0) is 12.8 Å². The van der Waals surface area contributed by atoms with E-state index in [2.05, 4.69) is 23.2 Å². The largest absolute Gasteiger partial charge is 0.497 e. The smallest absolute Gasteiger partial charge is 0.119 e. The molecule has 0 atom stereocenters. The number of hydrogen-bond donors (Lipinski definition) is 1. The molecule has 0 bridgehead atoms. The predicted octanol–water partition coefficient (Wildman–Crippen LogP) is 2.87. The molecule has 0 amide bonds. The van der Waals surface area contributed by atoms with Gasteiger partial charge in [0, 0.05) is 12.8 Å². The standard InChI is InChI=1S/C10H11NO.C9H13NO/c1-12-10-3-2-9-7-11-5-4-8(9)6-10;1-11-9-4-2-3-8(7-9)5-6-10/h2-3,6-7H,4-5H2,1H3;2-4,7H,5-6,10H2,1H3. The Labute approximate surface area is 138 Å². The molecule has 122 valence electrons. The first-order valence-electron chi connectivity index (χ1n) is 7.76. The van der Waals surface area contributed by atoms with Gasteiger partial charge in [-0.25, -0.2) is 0 Å². The first-order chi connectivity index (χ1) is 11.3. The number of aliphatic imine (C=N–C) groups is 1. The second-order valence-corrected chi connectivity index (χ2v) is 5.24. The number of hydrogen-bond acceptors (Lipinski definition) is 4. The normalized spacial score (nSPS) is 12.0. The summed E-state index contributed by atoms with van der Waals surface area (Å²) in [5.74, 6) is 1.83. The van der Waals surface area contributed by atoms with Crippen LogP contribution in [-0.4, -0.2) is 33.5 Å². The number of methoxy groups -OCH3 is 2. The Morgan fingerprint density at radius 1 is 1.04 bits per heavy atom. The lowest BCUT2D eigenvalue weighted by atomic mass is 10.0. The van der Waals surface area contributed by atoms with E-state index in [9.17, 15) is 0 Å². The lowest BCUT2D eigenvalue weighted by molar-refractivity contribution is 0.414. The fourth-order valence-corrected chi connectivity index (χ4v) is 2.39. The molecule has 1 heterocycles. The molecule has 0 aliphatic carbocycles. The maximum atomic E-state index is 5.41. The zero-order valence-electron chi connectivity index (χ0n) is 13.8. The third-order valence-corrected chi connectivity index (χ3v) is 3.66. The van der Waals surface area contributed by atoms with Gasteiger partial charge in [-0.3, -0.25) is 4.99 Å². The molecule has 2 N–H and O–H groups in total. The van der Waals surface area contributed by atoms with E-state index in [1.807, 2.05) is 30.5 Å². The van der Waals surface area contributed by atoms with Crippen LogP contribution < -0.4 is 15.2 Å². The van der Waals surface area contributed by atoms with Crippen LogP contribution in [0.3, 0.4) is 0 Å². The van der Waals surface area contributed by atoms with Crippen molar-refractivity contribution in [3.63, 3.8) is 0 Å². The number of fused-ring (bicyclic) bond motifs is 1. The summed E-state index contributed by atoms with van der Waals surface area (Å²) in [7, 11) is 3.36. The topological polar surface area (TPSA) is 56.8 Å². The van der Waals surface area contributed by atoms with E-state index < -0.39 is 0 Å². The SMILES string of the molecule is COc1ccc2c(c1)CCN=C2.COc1cccc(CCN)c1. The molecule has 4 nitrogen and oxygen atoms in total. The maximum Gasteiger partial charge on any atom is 0.119 e. The monoisotopic (exact) mass is 312 g/mol. The first-order valence-corrected chi connectivity index (χ1v) is 7.76. The van der Waals surface area contributed by atoms with Gasteiger partial charge in [0.2, 0.25) is 0 Å². The van der Waals surface area contributed by atoms with Gasteiger partial charge in [0.15, 0.2) is 0 Å². The molecular formula is C19H24N2O2. The summed E-state index contributed by atoms with van der Waals surface area (Å²) < 4.78 is 10.2. The minimum absolute atomic E-state index is 0.688. The molecule has 0 spiro atoms. The molecule has 0 aromatic heterocycles. The van der Waals surface area contributed by atoms with Crippen molar-refractivity contribution in [1.29, 1.82) is 0 Å². The number of nitrogens with zero attached hydrogens (tertiary/aromatic N) is 1. The highest BCUT2D eigenvalue weighted by atomic mass is 16.5. The Balaban J connectivity index is 0.000000168. The zero-order valence-corrected chi connectivity index (χ0v) is 13.8. The van der Waals surface area contributed by atoms with E-state index in [1.165, 1.54) is 16.7 Å². The Bertz CT molecular complexity index is 654. The van der Waals surface area contributed by atoms with E-state index in [1.54, 1.807) is 14.2 Å². The van der Waals surface area contributed by atoms with Gasteiger partial charge in [0.25, 0.3) is 0 Å². The molecule has 23 heavy (non-hydrogen) atoms. The minimum atomic E-state index is 0.688. The number of ether oxygens (including phenoxy) is 2. The highest BCUT2D eigenvalue weighted by molar-refractivity contribution is 5.83. The van der Waals surface area contributed by atoms with Gasteiger partial charge in [0.05, 0.1) is 14.2 Å². The fraction of sp³-hybridized carbons (Fsp3) is 0.316. The van der Waals surface area contributed by atoms with E-state index in [4.69, 9.17) is 15.2 Å². The lowest BCUT2D eigenvalue weighted by Crippen LogP contribution is -2.02. The van der Waals surface area contributed by atoms with Crippen molar-refractivity contribution >= 4 is 6.21 Å². The molecule has 3 rings (SSSR count). The van der Waals surface area contributed by atoms with Crippen molar-refractivity contribution in [3.05, 3.63) is 59.2 Å². The molecule has 0 saturated carbocycles. The van der Waals surface area contributed by atoms with Crippen molar-refractivity contribution < 1.29 is 9.47 Å². The molecule has 0 saturated heterocycles. The quantitative estimate of drug-likeness (QED) is 0.944. The summed E-state index contributed by atoms with van der Waals surface area (Å²) >= 11 is 0. The average Bonchev–Trinajstić information content (AvgIpc) is 2.62. The van der Waals surface area contributed by atoms with Crippen LogP contribution in [0.5, 0.6) is 11.5 Å². The Kier molecular flexibility index (Phi) is 6.63. The van der Waals surface area contributed by atoms with Crippen molar-refractivity contribution in [2.75, 3.05) is 27.3 Å². The number of rotatable bonds is 4. The van der Waals surface area contributed by atoms with Gasteiger partial charge >= 0.3 is 0 Å². The van der Waals surface area contributed by atoms with Gasteiger partial charge in [-0.2, -0.15) is 0 Å². The highest BCUT2D eigenvalue weighted by Gasteiger charge is 2.05. The van der Waals surface area contributed by atoms with Crippen LogP contribution in [0.15, 0.2) is 47.5 Å². The summed E-state index contributed by atoms with van der Waals surface area (Å²) in [5.41, 5.74) is 9.20. The fourth-order valence-electron chi connectivity index (χ4n) is 2.39. The van der Waals surface area contributed by atoms with Gasteiger partial charge in [-0.1, -0.05) is 12.1 Å². The number of nitrogens with two attached hydrogens (primary N) is 1. The zero-order chi connectivity index (χ0) is 16.5. The summed E-state index contributed by atoms with van der Waals surface area (Å²) in [6.45, 7) is 1.59. The molecule has 2 aromatic carbocycles. The number of benzene rings is 2. The summed E-state index contributed by atoms with van der Waals surface area (Å²) in [6, 6.07) is 14.1. The van der Waals surface area contributed by atoms with E-state index in [0.29, 0.717) is 6.54 Å². The van der Waals surface area contributed by atoms with Crippen LogP contribution in [0, 0.1) is 0 Å². The molecule has 1 aliphatic rings. The van der Waals surface area contributed by atoms with Gasteiger partial charge in [-0.05, 0) is 66.4 Å². The van der Waals surface area contributed by atoms with Gasteiger partial charge in [0.1, 0.15) is 11.5 Å². The van der Waals surface area contributed by atoms with Gasteiger partial charge in [-0.15, -0.1) is 0 Å². The second-order valence-electron chi connectivity index (χ2n) is 5.24. The molecule has 4 heteroatoms. The summed E-state index contributed by atoms with van der Waals surface area (Å²) in [5, 5.41) is 0. The van der Waals surface area contributed by atoms with Crippen LogP contribution >= 0.6 is 0 Å². The molecule has 0 radical (unpaired) electrons. The van der Waals surface area contributed by atoms with Crippen molar-refractivity contribution in [1.82, 2.24) is 0 Å². The van der Waals surface area contributed by atoms with Crippen molar-refractivity contribution in [2.24, 2.45) is 10.7 Å². The molecule has 2 aromatic rings. The molecule has 0 fully saturated rings. The Morgan fingerprint density at radius 2 is 1.83 bits per heavy atom. The van der Waals surface area contributed by atoms with Crippen LogP contribution in [0.25, 0.3) is 0 Å². The maximum absolute atomic E-state index is 5.41. The second kappa shape index (κ2) is 8.96. The third kappa shape index (κ3) is 5.11. The third-order valence-electron chi connectivity index (χ3n) is 3.66. The highest BCUT2D eigenvalue weighted by Crippen LogP contribution is 2.19. The summed E-state index contributed by atoms with van der Waals surface area (Å²) in [4.78, 5) is 4.21. The van der Waals surface area contributed by atoms with E-state index in [-0.39, 0.29) is 0 Å². The molecular weight excluding hydrogens is 288 g/mol. The predicted molar refractivity (Wildman–Crippen MR) is 94.9 cm³/mol. The lowest BCUT2D eigenvalue weighted by Gasteiger charge is -2.10.